The summed E-state index contributed by atoms with van der Waals surface area (Å²) in [6, 6.07) is 6.46. The van der Waals surface area contributed by atoms with Crippen LogP contribution < -0.4 is 11.3 Å². The molecule has 3 rings (SSSR count). The molecule has 1 aromatic heterocycles. The fourth-order valence-corrected chi connectivity index (χ4v) is 2.69. The van der Waals surface area contributed by atoms with Crippen molar-refractivity contribution >= 4 is 16.6 Å². The van der Waals surface area contributed by atoms with Crippen molar-refractivity contribution in [1.29, 1.82) is 0 Å². The molecule has 3 N–H and O–H groups in total. The minimum Gasteiger partial charge on any atom is -0.323 e. The van der Waals surface area contributed by atoms with Crippen molar-refractivity contribution < 1.29 is 0 Å². The van der Waals surface area contributed by atoms with Crippen LogP contribution in [-0.2, 0) is 19.3 Å². The third-order valence-electron chi connectivity index (χ3n) is 3.63. The molecule has 1 aromatic carbocycles. The Kier molecular flexibility index (Phi) is 2.48. The van der Waals surface area contributed by atoms with Crippen LogP contribution >= 0.6 is 0 Å². The number of anilines is 1. The Morgan fingerprint density at radius 1 is 1.35 bits per heavy atom. The molecule has 17 heavy (non-hydrogen) atoms. The zero-order valence-electron chi connectivity index (χ0n) is 10.1. The van der Waals surface area contributed by atoms with Gasteiger partial charge in [-0.1, -0.05) is 13.0 Å². The Bertz CT molecular complexity index is 575. The molecule has 0 amide bonds. The van der Waals surface area contributed by atoms with Crippen molar-refractivity contribution in [3.63, 3.8) is 0 Å². The highest BCUT2D eigenvalue weighted by Crippen LogP contribution is 2.33. The van der Waals surface area contributed by atoms with Crippen LogP contribution in [0.4, 0.5) is 5.69 Å². The molecule has 0 saturated carbocycles. The standard InChI is InChI=1S/C14H17N3/c1-2-9-6-7-13-11(8-9)14(17-15)10-4-3-5-12(10)16-13/h6-8H,2-5,15H2,1H3,(H,16,17). The number of rotatable bonds is 2. The lowest BCUT2D eigenvalue weighted by atomic mass is 10.0. The van der Waals surface area contributed by atoms with Crippen LogP contribution in [0.15, 0.2) is 18.2 Å². The van der Waals surface area contributed by atoms with E-state index in [-0.39, 0.29) is 0 Å². The Morgan fingerprint density at radius 3 is 3.00 bits per heavy atom. The van der Waals surface area contributed by atoms with Gasteiger partial charge in [0.15, 0.2) is 0 Å². The van der Waals surface area contributed by atoms with Crippen molar-refractivity contribution in [2.45, 2.75) is 32.6 Å². The van der Waals surface area contributed by atoms with Crippen LogP contribution in [0.2, 0.25) is 0 Å². The van der Waals surface area contributed by atoms with Crippen LogP contribution in [-0.4, -0.2) is 4.98 Å². The van der Waals surface area contributed by atoms with Gasteiger partial charge in [0.05, 0.1) is 11.2 Å². The van der Waals surface area contributed by atoms with Crippen LogP contribution in [0, 0.1) is 0 Å². The summed E-state index contributed by atoms with van der Waals surface area (Å²) in [7, 11) is 0. The maximum Gasteiger partial charge on any atom is 0.0726 e. The number of aryl methyl sites for hydroxylation is 2. The number of nitrogens with two attached hydrogens (primary N) is 1. The minimum absolute atomic E-state index is 1.04. The topological polar surface area (TPSA) is 50.9 Å². The molecule has 3 heteroatoms. The molecule has 1 aliphatic carbocycles. The highest BCUT2D eigenvalue weighted by Gasteiger charge is 2.18. The lowest BCUT2D eigenvalue weighted by Crippen LogP contribution is -2.10. The van der Waals surface area contributed by atoms with Crippen LogP contribution in [0.1, 0.15) is 30.2 Å². The molecule has 88 valence electrons. The van der Waals surface area contributed by atoms with Crippen LogP contribution in [0.3, 0.4) is 0 Å². The van der Waals surface area contributed by atoms with Crippen LogP contribution in [0.5, 0.6) is 0 Å². The molecule has 0 aliphatic heterocycles. The summed E-state index contributed by atoms with van der Waals surface area (Å²) in [5.74, 6) is 5.70. The number of hydrogen-bond acceptors (Lipinski definition) is 3. The monoisotopic (exact) mass is 227 g/mol. The normalized spacial score (nSPS) is 14.0. The van der Waals surface area contributed by atoms with Crippen LogP contribution in [0.25, 0.3) is 10.9 Å². The van der Waals surface area contributed by atoms with Gasteiger partial charge in [0.1, 0.15) is 0 Å². The largest absolute Gasteiger partial charge is 0.323 e. The van der Waals surface area contributed by atoms with E-state index in [2.05, 4.69) is 30.5 Å². The molecular weight excluding hydrogens is 210 g/mol. The highest BCUT2D eigenvalue weighted by molar-refractivity contribution is 5.94. The Balaban J connectivity index is 2.33. The van der Waals surface area contributed by atoms with Gasteiger partial charge in [0, 0.05) is 11.1 Å². The van der Waals surface area contributed by atoms with Gasteiger partial charge in [-0.05, 0) is 48.9 Å². The maximum absolute atomic E-state index is 5.70. The van der Waals surface area contributed by atoms with E-state index in [0.717, 1.165) is 35.9 Å². The molecule has 0 bridgehead atoms. The summed E-state index contributed by atoms with van der Waals surface area (Å²) < 4.78 is 0. The molecule has 0 saturated heterocycles. The number of nitrogen functional groups attached to an aromatic ring is 1. The van der Waals surface area contributed by atoms with E-state index in [9.17, 15) is 0 Å². The Labute approximate surface area is 101 Å². The van der Waals surface area contributed by atoms with Gasteiger partial charge in [0.25, 0.3) is 0 Å². The first kappa shape index (κ1) is 10.5. The van der Waals surface area contributed by atoms with Gasteiger partial charge in [-0.25, -0.2) is 0 Å². The molecule has 3 nitrogen and oxygen atoms in total. The maximum atomic E-state index is 5.70. The van der Waals surface area contributed by atoms with Crippen molar-refractivity contribution in [2.24, 2.45) is 5.84 Å². The Morgan fingerprint density at radius 2 is 2.24 bits per heavy atom. The third kappa shape index (κ3) is 1.58. The number of hydrazine groups is 1. The predicted molar refractivity (Wildman–Crippen MR) is 71.0 cm³/mol. The molecule has 2 aromatic rings. The molecule has 1 heterocycles. The summed E-state index contributed by atoms with van der Waals surface area (Å²) >= 11 is 0. The third-order valence-corrected chi connectivity index (χ3v) is 3.63. The summed E-state index contributed by atoms with van der Waals surface area (Å²) in [4.78, 5) is 4.74. The summed E-state index contributed by atoms with van der Waals surface area (Å²) in [5, 5.41) is 1.16. The summed E-state index contributed by atoms with van der Waals surface area (Å²) in [5.41, 5.74) is 8.87. The summed E-state index contributed by atoms with van der Waals surface area (Å²) in [6.07, 6.45) is 4.40. The zero-order valence-corrected chi connectivity index (χ0v) is 10.1. The molecule has 0 radical (unpaired) electrons. The molecule has 0 fully saturated rings. The first-order valence-corrected chi connectivity index (χ1v) is 6.24. The average Bonchev–Trinajstić information content (AvgIpc) is 2.82. The average molecular weight is 227 g/mol. The highest BCUT2D eigenvalue weighted by atomic mass is 15.2. The van der Waals surface area contributed by atoms with E-state index >= 15 is 0 Å². The van der Waals surface area contributed by atoms with Gasteiger partial charge in [-0.15, -0.1) is 0 Å². The second-order valence-electron chi connectivity index (χ2n) is 4.61. The zero-order chi connectivity index (χ0) is 11.8. The van der Waals surface area contributed by atoms with E-state index < -0.39 is 0 Å². The van der Waals surface area contributed by atoms with Gasteiger partial charge >= 0.3 is 0 Å². The van der Waals surface area contributed by atoms with Gasteiger partial charge in [-0.2, -0.15) is 0 Å². The number of fused-ring (bicyclic) bond motifs is 2. The summed E-state index contributed by atoms with van der Waals surface area (Å²) in [6.45, 7) is 2.16. The molecular formula is C14H17N3. The minimum atomic E-state index is 1.04. The number of pyridine rings is 1. The first-order chi connectivity index (χ1) is 8.33. The van der Waals surface area contributed by atoms with Gasteiger partial charge in [0.2, 0.25) is 0 Å². The smallest absolute Gasteiger partial charge is 0.0726 e. The van der Waals surface area contributed by atoms with Gasteiger partial charge in [-0.3, -0.25) is 10.8 Å². The number of nitrogens with zero attached hydrogens (tertiary/aromatic N) is 1. The number of nitrogens with one attached hydrogen (secondary N) is 1. The van der Waals surface area contributed by atoms with E-state index in [1.54, 1.807) is 0 Å². The lowest BCUT2D eigenvalue weighted by molar-refractivity contribution is 0.901. The number of aromatic nitrogens is 1. The molecule has 0 spiro atoms. The fraction of sp³-hybridized carbons (Fsp3) is 0.357. The van der Waals surface area contributed by atoms with Crippen molar-refractivity contribution in [1.82, 2.24) is 4.98 Å². The quantitative estimate of drug-likeness (QED) is 0.612. The Hall–Kier alpha value is -1.61. The van der Waals surface area contributed by atoms with Crippen molar-refractivity contribution in [3.05, 3.63) is 35.0 Å². The van der Waals surface area contributed by atoms with E-state index in [1.165, 1.54) is 23.2 Å². The number of hydrogen-bond donors (Lipinski definition) is 2. The van der Waals surface area contributed by atoms with Crippen molar-refractivity contribution in [3.8, 4) is 0 Å². The number of benzene rings is 1. The van der Waals surface area contributed by atoms with Crippen molar-refractivity contribution in [2.75, 3.05) is 5.43 Å². The van der Waals surface area contributed by atoms with E-state index in [1.807, 2.05) is 0 Å². The van der Waals surface area contributed by atoms with Gasteiger partial charge < -0.3 is 5.43 Å². The predicted octanol–water partition coefficient (Wildman–Crippen LogP) is 2.57. The second kappa shape index (κ2) is 4.00. The first-order valence-electron chi connectivity index (χ1n) is 6.24. The molecule has 1 aliphatic rings. The lowest BCUT2D eigenvalue weighted by Gasteiger charge is -2.12. The fourth-order valence-electron chi connectivity index (χ4n) is 2.69. The molecule has 0 atom stereocenters. The second-order valence-corrected chi connectivity index (χ2v) is 4.61. The molecule has 0 unspecified atom stereocenters. The SMILES string of the molecule is CCc1ccc2nc3c(c(NN)c2c1)CCC3. The van der Waals surface area contributed by atoms with E-state index in [4.69, 9.17) is 10.8 Å². The van der Waals surface area contributed by atoms with E-state index in [0.29, 0.717) is 0 Å².